The van der Waals surface area contributed by atoms with Crippen LogP contribution in [0.25, 0.3) is 0 Å². The Labute approximate surface area is 94.0 Å². The van der Waals surface area contributed by atoms with Gasteiger partial charge in [-0.05, 0) is 25.7 Å². The first-order chi connectivity index (χ1) is 7.58. The van der Waals surface area contributed by atoms with E-state index in [2.05, 4.69) is 9.47 Å². The van der Waals surface area contributed by atoms with E-state index >= 15 is 0 Å². The smallest absolute Gasteiger partial charge is 0.431 e. The molecule has 0 aromatic rings. The third-order valence-corrected chi connectivity index (χ3v) is 2.36. The number of ether oxygens (including phenoxy) is 3. The summed E-state index contributed by atoms with van der Waals surface area (Å²) in [6.07, 6.45) is 2.11. The van der Waals surface area contributed by atoms with E-state index in [1.165, 1.54) is 13.3 Å². The van der Waals surface area contributed by atoms with Crippen molar-refractivity contribution in [2.24, 2.45) is 5.73 Å². The summed E-state index contributed by atoms with van der Waals surface area (Å²) in [7, 11) is 0. The molecule has 0 bridgehead atoms. The van der Waals surface area contributed by atoms with Gasteiger partial charge in [-0.1, -0.05) is 6.42 Å². The zero-order valence-electron chi connectivity index (χ0n) is 9.31. The quantitative estimate of drug-likeness (QED) is 0.592. The van der Waals surface area contributed by atoms with Crippen LogP contribution in [0.5, 0.6) is 0 Å². The molecule has 1 aliphatic carbocycles. The number of amides is 1. The van der Waals surface area contributed by atoms with Crippen LogP contribution >= 0.6 is 0 Å². The summed E-state index contributed by atoms with van der Waals surface area (Å²) >= 11 is 0. The topological polar surface area (TPSA) is 87.9 Å². The standard InChI is InChI=1S/C10H17NO5/c1-7(14-9(11)12)15-10(13)16-8-5-3-2-4-6-8/h7-8H,2-6H2,1H3,(H2,11,12). The minimum atomic E-state index is -1.02. The lowest BCUT2D eigenvalue weighted by Crippen LogP contribution is -2.28. The van der Waals surface area contributed by atoms with Gasteiger partial charge >= 0.3 is 12.2 Å². The molecule has 1 saturated carbocycles. The number of nitrogens with two attached hydrogens (primary N) is 1. The van der Waals surface area contributed by atoms with Gasteiger partial charge in [0, 0.05) is 6.92 Å². The van der Waals surface area contributed by atoms with Gasteiger partial charge in [0.15, 0.2) is 0 Å². The first-order valence-electron chi connectivity index (χ1n) is 5.41. The summed E-state index contributed by atoms with van der Waals surface area (Å²) < 4.78 is 14.2. The predicted octanol–water partition coefficient (Wildman–Crippen LogP) is 1.91. The van der Waals surface area contributed by atoms with Gasteiger partial charge in [-0.25, -0.2) is 9.59 Å². The Hall–Kier alpha value is -1.46. The molecule has 16 heavy (non-hydrogen) atoms. The second kappa shape index (κ2) is 6.19. The fourth-order valence-electron chi connectivity index (χ4n) is 1.67. The lowest BCUT2D eigenvalue weighted by atomic mass is 9.98. The number of carbonyl (C=O) groups excluding carboxylic acids is 2. The van der Waals surface area contributed by atoms with Gasteiger partial charge in [-0.2, -0.15) is 0 Å². The van der Waals surface area contributed by atoms with E-state index in [9.17, 15) is 9.59 Å². The largest absolute Gasteiger partial charge is 0.511 e. The van der Waals surface area contributed by atoms with Crippen LogP contribution in [0, 0.1) is 0 Å². The van der Waals surface area contributed by atoms with Crippen LogP contribution in [0.4, 0.5) is 9.59 Å². The van der Waals surface area contributed by atoms with Crippen molar-refractivity contribution in [2.45, 2.75) is 51.4 Å². The first-order valence-corrected chi connectivity index (χ1v) is 5.41. The van der Waals surface area contributed by atoms with Crippen molar-refractivity contribution < 1.29 is 23.8 Å². The molecule has 1 rings (SSSR count). The van der Waals surface area contributed by atoms with Crippen LogP contribution in [-0.4, -0.2) is 24.6 Å². The maximum absolute atomic E-state index is 11.2. The van der Waals surface area contributed by atoms with Crippen molar-refractivity contribution in [2.75, 3.05) is 0 Å². The lowest BCUT2D eigenvalue weighted by molar-refractivity contribution is -0.0838. The Morgan fingerprint density at radius 2 is 1.81 bits per heavy atom. The second-order valence-electron chi connectivity index (χ2n) is 3.75. The van der Waals surface area contributed by atoms with Crippen molar-refractivity contribution in [3.05, 3.63) is 0 Å². The Balaban J connectivity index is 2.21. The van der Waals surface area contributed by atoms with Gasteiger partial charge in [-0.15, -0.1) is 0 Å². The average Bonchev–Trinajstić information content (AvgIpc) is 2.17. The molecule has 92 valence electrons. The number of hydrogen-bond acceptors (Lipinski definition) is 5. The van der Waals surface area contributed by atoms with Crippen molar-refractivity contribution in [1.82, 2.24) is 0 Å². The number of hydrogen-bond donors (Lipinski definition) is 1. The molecule has 6 heteroatoms. The summed E-state index contributed by atoms with van der Waals surface area (Å²) in [5.74, 6) is 0. The van der Waals surface area contributed by atoms with Crippen molar-refractivity contribution in [3.8, 4) is 0 Å². The molecule has 0 aromatic carbocycles. The highest BCUT2D eigenvalue weighted by Gasteiger charge is 2.20. The zero-order valence-corrected chi connectivity index (χ0v) is 9.31. The van der Waals surface area contributed by atoms with Gasteiger partial charge in [0.25, 0.3) is 0 Å². The molecule has 2 N–H and O–H groups in total. The molecule has 1 unspecified atom stereocenters. The van der Waals surface area contributed by atoms with Gasteiger partial charge in [0.2, 0.25) is 6.29 Å². The van der Waals surface area contributed by atoms with Crippen LogP contribution in [0.3, 0.4) is 0 Å². The number of rotatable bonds is 3. The molecule has 0 radical (unpaired) electrons. The normalized spacial score (nSPS) is 18.6. The molecule has 0 aliphatic heterocycles. The average molecular weight is 231 g/mol. The van der Waals surface area contributed by atoms with Gasteiger partial charge in [0.1, 0.15) is 6.10 Å². The van der Waals surface area contributed by atoms with Gasteiger partial charge in [-0.3, -0.25) is 0 Å². The van der Waals surface area contributed by atoms with Crippen molar-refractivity contribution >= 4 is 12.2 Å². The number of primary amides is 1. The van der Waals surface area contributed by atoms with Crippen LogP contribution in [-0.2, 0) is 14.2 Å². The molecular weight excluding hydrogens is 214 g/mol. The molecule has 1 amide bonds. The van der Waals surface area contributed by atoms with Gasteiger partial charge < -0.3 is 19.9 Å². The minimum Gasteiger partial charge on any atom is -0.431 e. The molecule has 0 aromatic heterocycles. The summed E-state index contributed by atoms with van der Waals surface area (Å²) in [6.45, 7) is 1.40. The maximum Gasteiger partial charge on any atom is 0.511 e. The zero-order chi connectivity index (χ0) is 12.0. The fourth-order valence-corrected chi connectivity index (χ4v) is 1.67. The molecule has 0 heterocycles. The first kappa shape index (κ1) is 12.6. The molecule has 1 fully saturated rings. The molecule has 1 aliphatic rings. The summed E-state index contributed by atoms with van der Waals surface area (Å²) in [6, 6.07) is 0. The van der Waals surface area contributed by atoms with E-state index in [0.29, 0.717) is 0 Å². The van der Waals surface area contributed by atoms with Gasteiger partial charge in [0.05, 0.1) is 0 Å². The van der Waals surface area contributed by atoms with Crippen LogP contribution in [0.2, 0.25) is 0 Å². The maximum atomic E-state index is 11.2. The highest BCUT2D eigenvalue weighted by Crippen LogP contribution is 2.20. The predicted molar refractivity (Wildman–Crippen MR) is 54.6 cm³/mol. The van der Waals surface area contributed by atoms with E-state index in [4.69, 9.17) is 10.5 Å². The minimum absolute atomic E-state index is 0.0815. The fraction of sp³-hybridized carbons (Fsp3) is 0.800. The highest BCUT2D eigenvalue weighted by atomic mass is 16.8. The summed E-state index contributed by atoms with van der Waals surface area (Å²) in [5, 5.41) is 0. The van der Waals surface area contributed by atoms with E-state index < -0.39 is 18.5 Å². The highest BCUT2D eigenvalue weighted by molar-refractivity contribution is 5.65. The van der Waals surface area contributed by atoms with Crippen molar-refractivity contribution in [3.63, 3.8) is 0 Å². The molecule has 0 spiro atoms. The van der Waals surface area contributed by atoms with Crippen molar-refractivity contribution in [1.29, 1.82) is 0 Å². The lowest BCUT2D eigenvalue weighted by Gasteiger charge is -2.22. The third kappa shape index (κ3) is 4.86. The Bertz CT molecular complexity index is 250. The molecule has 1 atom stereocenters. The SMILES string of the molecule is CC(OC(N)=O)OC(=O)OC1CCCCC1. The molecule has 6 nitrogen and oxygen atoms in total. The summed E-state index contributed by atoms with van der Waals surface area (Å²) in [4.78, 5) is 21.6. The van der Waals surface area contributed by atoms with E-state index in [1.807, 2.05) is 0 Å². The Morgan fingerprint density at radius 3 is 2.38 bits per heavy atom. The van der Waals surface area contributed by atoms with E-state index in [1.54, 1.807) is 0 Å². The summed E-state index contributed by atoms with van der Waals surface area (Å²) in [5.41, 5.74) is 4.76. The van der Waals surface area contributed by atoms with Crippen LogP contribution in [0.1, 0.15) is 39.0 Å². The van der Waals surface area contributed by atoms with E-state index in [0.717, 1.165) is 25.7 Å². The van der Waals surface area contributed by atoms with Crippen LogP contribution in [0.15, 0.2) is 0 Å². The third-order valence-electron chi connectivity index (χ3n) is 2.36. The van der Waals surface area contributed by atoms with Crippen LogP contribution < -0.4 is 5.73 Å². The Morgan fingerprint density at radius 1 is 1.19 bits per heavy atom. The molecule has 0 saturated heterocycles. The van der Waals surface area contributed by atoms with E-state index in [-0.39, 0.29) is 6.10 Å². The Kier molecular flexibility index (Phi) is 4.88. The monoisotopic (exact) mass is 231 g/mol. The number of carbonyl (C=O) groups is 2. The molecular formula is C10H17NO5. The second-order valence-corrected chi connectivity index (χ2v) is 3.75.